The molecule has 0 spiro atoms. The van der Waals surface area contributed by atoms with Gasteiger partial charge in [-0.15, -0.1) is 0 Å². The van der Waals surface area contributed by atoms with Crippen molar-refractivity contribution in [2.75, 3.05) is 14.2 Å². The summed E-state index contributed by atoms with van der Waals surface area (Å²) in [7, 11) is 3.20. The van der Waals surface area contributed by atoms with E-state index in [1.165, 1.54) is 12.1 Å². The van der Waals surface area contributed by atoms with E-state index in [9.17, 15) is 10.1 Å². The number of hydrogen-bond acceptors (Lipinski definition) is 7. The highest BCUT2D eigenvalue weighted by molar-refractivity contribution is 5.83. The summed E-state index contributed by atoms with van der Waals surface area (Å²) in [5.41, 5.74) is 5.71. The average Bonchev–Trinajstić information content (AvgIpc) is 2.81. The SMILES string of the molecule is COc1ccc(CN/N=C/c2ccccc2OCc2ccc([N+](=O)[O-])cc2)cc1OC. The summed E-state index contributed by atoms with van der Waals surface area (Å²) >= 11 is 0. The van der Waals surface area contributed by atoms with Crippen LogP contribution in [0.4, 0.5) is 5.69 Å². The van der Waals surface area contributed by atoms with Crippen LogP contribution in [0.1, 0.15) is 16.7 Å². The second kappa shape index (κ2) is 10.6. The van der Waals surface area contributed by atoms with Crippen LogP contribution in [-0.4, -0.2) is 25.4 Å². The van der Waals surface area contributed by atoms with Gasteiger partial charge >= 0.3 is 0 Å². The minimum Gasteiger partial charge on any atom is -0.493 e. The first-order chi connectivity index (χ1) is 15.1. The van der Waals surface area contributed by atoms with Crippen LogP contribution in [0.15, 0.2) is 71.8 Å². The summed E-state index contributed by atoms with van der Waals surface area (Å²) in [5.74, 6) is 2.00. The number of nitro groups is 1. The number of benzene rings is 3. The second-order valence-corrected chi connectivity index (χ2v) is 6.53. The van der Waals surface area contributed by atoms with Crippen molar-refractivity contribution < 1.29 is 19.1 Å². The van der Waals surface area contributed by atoms with E-state index in [1.54, 1.807) is 32.6 Å². The number of rotatable bonds is 10. The molecule has 1 N–H and O–H groups in total. The van der Waals surface area contributed by atoms with Crippen LogP contribution in [0.2, 0.25) is 0 Å². The molecule has 0 saturated heterocycles. The number of ether oxygens (including phenoxy) is 3. The zero-order valence-electron chi connectivity index (χ0n) is 17.3. The molecule has 8 nitrogen and oxygen atoms in total. The van der Waals surface area contributed by atoms with Crippen LogP contribution < -0.4 is 19.6 Å². The molecule has 0 saturated carbocycles. The molecule has 0 aliphatic heterocycles. The summed E-state index contributed by atoms with van der Waals surface area (Å²) in [4.78, 5) is 10.3. The lowest BCUT2D eigenvalue weighted by atomic mass is 10.2. The minimum atomic E-state index is -0.425. The van der Waals surface area contributed by atoms with Crippen molar-refractivity contribution in [2.45, 2.75) is 13.2 Å². The normalized spacial score (nSPS) is 10.6. The summed E-state index contributed by atoms with van der Waals surface area (Å²) in [6, 6.07) is 19.5. The highest BCUT2D eigenvalue weighted by Crippen LogP contribution is 2.27. The van der Waals surface area contributed by atoms with E-state index in [1.807, 2.05) is 42.5 Å². The Kier molecular flexibility index (Phi) is 7.42. The molecule has 31 heavy (non-hydrogen) atoms. The standard InChI is InChI=1S/C23H23N3O5/c1-29-22-12-9-18(13-23(22)30-2)14-24-25-15-19-5-3-4-6-21(19)31-16-17-7-10-20(11-8-17)26(27)28/h3-13,15,24H,14,16H2,1-2H3/b25-15+. The Morgan fingerprint density at radius 2 is 1.65 bits per heavy atom. The fourth-order valence-corrected chi connectivity index (χ4v) is 2.84. The van der Waals surface area contributed by atoms with Crippen LogP contribution >= 0.6 is 0 Å². The van der Waals surface area contributed by atoms with Crippen LogP contribution in [0.3, 0.4) is 0 Å². The van der Waals surface area contributed by atoms with Crippen LogP contribution in [-0.2, 0) is 13.2 Å². The molecule has 0 unspecified atom stereocenters. The van der Waals surface area contributed by atoms with Crippen LogP contribution in [0.5, 0.6) is 17.2 Å². The molecular weight excluding hydrogens is 398 g/mol. The zero-order chi connectivity index (χ0) is 22.1. The minimum absolute atomic E-state index is 0.0526. The first-order valence-corrected chi connectivity index (χ1v) is 9.52. The first-order valence-electron chi connectivity index (χ1n) is 9.52. The molecule has 0 bridgehead atoms. The molecule has 0 heterocycles. The van der Waals surface area contributed by atoms with Gasteiger partial charge in [0.1, 0.15) is 12.4 Å². The quantitative estimate of drug-likeness (QED) is 0.298. The number of nitrogens with one attached hydrogen (secondary N) is 1. The molecule has 3 aromatic rings. The maximum Gasteiger partial charge on any atom is 0.269 e. The van der Waals surface area contributed by atoms with Gasteiger partial charge < -0.3 is 19.6 Å². The summed E-state index contributed by atoms with van der Waals surface area (Å²) in [6.45, 7) is 0.810. The van der Waals surface area contributed by atoms with Crippen molar-refractivity contribution in [3.63, 3.8) is 0 Å². The lowest BCUT2D eigenvalue weighted by Gasteiger charge is -2.10. The lowest BCUT2D eigenvalue weighted by molar-refractivity contribution is -0.384. The predicted octanol–water partition coefficient (Wildman–Crippen LogP) is 4.31. The van der Waals surface area contributed by atoms with Crippen molar-refractivity contribution in [3.05, 3.63) is 93.5 Å². The largest absolute Gasteiger partial charge is 0.493 e. The maximum atomic E-state index is 10.8. The zero-order valence-corrected chi connectivity index (χ0v) is 17.3. The van der Waals surface area contributed by atoms with E-state index in [0.717, 1.165) is 16.7 Å². The smallest absolute Gasteiger partial charge is 0.269 e. The van der Waals surface area contributed by atoms with Gasteiger partial charge in [0.05, 0.1) is 31.9 Å². The van der Waals surface area contributed by atoms with Crippen LogP contribution in [0.25, 0.3) is 0 Å². The molecule has 0 radical (unpaired) electrons. The molecule has 0 aliphatic carbocycles. The van der Waals surface area contributed by atoms with E-state index in [0.29, 0.717) is 30.4 Å². The summed E-state index contributed by atoms with van der Waals surface area (Å²) < 4.78 is 16.4. The van der Waals surface area contributed by atoms with Gasteiger partial charge in [0, 0.05) is 17.7 Å². The molecular formula is C23H23N3O5. The third kappa shape index (κ3) is 5.96. The number of hydrogen-bond donors (Lipinski definition) is 1. The average molecular weight is 421 g/mol. The molecule has 0 aliphatic rings. The molecule has 0 aromatic heterocycles. The van der Waals surface area contributed by atoms with Crippen LogP contribution in [0, 0.1) is 10.1 Å². The Morgan fingerprint density at radius 3 is 2.35 bits per heavy atom. The predicted molar refractivity (Wildman–Crippen MR) is 118 cm³/mol. The van der Waals surface area contributed by atoms with Crippen molar-refractivity contribution >= 4 is 11.9 Å². The number of hydrazone groups is 1. The van der Waals surface area contributed by atoms with Crippen molar-refractivity contribution in [1.82, 2.24) is 5.43 Å². The third-order valence-electron chi connectivity index (χ3n) is 4.49. The third-order valence-corrected chi connectivity index (χ3v) is 4.49. The number of para-hydroxylation sites is 1. The fraction of sp³-hybridized carbons (Fsp3) is 0.174. The van der Waals surface area contributed by atoms with Gasteiger partial charge in [-0.25, -0.2) is 0 Å². The molecule has 8 heteroatoms. The van der Waals surface area contributed by atoms with E-state index >= 15 is 0 Å². The van der Waals surface area contributed by atoms with E-state index in [4.69, 9.17) is 14.2 Å². The monoisotopic (exact) mass is 421 g/mol. The Labute approximate surface area is 180 Å². The van der Waals surface area contributed by atoms with E-state index in [-0.39, 0.29) is 5.69 Å². The first kappa shape index (κ1) is 21.6. The van der Waals surface area contributed by atoms with Gasteiger partial charge in [0.15, 0.2) is 11.5 Å². The van der Waals surface area contributed by atoms with Gasteiger partial charge in [0.2, 0.25) is 0 Å². The number of methoxy groups -OCH3 is 2. The molecule has 0 atom stereocenters. The van der Waals surface area contributed by atoms with Gasteiger partial charge in [-0.1, -0.05) is 18.2 Å². The lowest BCUT2D eigenvalue weighted by Crippen LogP contribution is -2.06. The number of non-ortho nitro benzene ring substituents is 1. The van der Waals surface area contributed by atoms with Crippen molar-refractivity contribution in [2.24, 2.45) is 5.10 Å². The van der Waals surface area contributed by atoms with Crippen molar-refractivity contribution in [3.8, 4) is 17.2 Å². The molecule has 3 aromatic carbocycles. The van der Waals surface area contributed by atoms with E-state index < -0.39 is 4.92 Å². The molecule has 3 rings (SSSR count). The van der Waals surface area contributed by atoms with Gasteiger partial charge in [-0.2, -0.15) is 5.10 Å². The Hall–Kier alpha value is -4.07. The number of nitrogens with zero attached hydrogens (tertiary/aromatic N) is 2. The molecule has 0 amide bonds. The van der Waals surface area contributed by atoms with Crippen molar-refractivity contribution in [1.29, 1.82) is 0 Å². The molecule has 160 valence electrons. The summed E-state index contributed by atoms with van der Waals surface area (Å²) in [5, 5.41) is 15.0. The van der Waals surface area contributed by atoms with Gasteiger partial charge in [-0.3, -0.25) is 10.1 Å². The summed E-state index contributed by atoms with van der Waals surface area (Å²) in [6.07, 6.45) is 1.69. The highest BCUT2D eigenvalue weighted by Gasteiger charge is 2.06. The molecule has 0 fully saturated rings. The Morgan fingerprint density at radius 1 is 0.935 bits per heavy atom. The maximum absolute atomic E-state index is 10.8. The second-order valence-electron chi connectivity index (χ2n) is 6.53. The van der Waals surface area contributed by atoms with Gasteiger partial charge in [-0.05, 0) is 47.5 Å². The number of nitro benzene ring substituents is 1. The van der Waals surface area contributed by atoms with Gasteiger partial charge in [0.25, 0.3) is 5.69 Å². The topological polar surface area (TPSA) is 95.2 Å². The Balaban J connectivity index is 1.58. The highest BCUT2D eigenvalue weighted by atomic mass is 16.6. The van der Waals surface area contributed by atoms with E-state index in [2.05, 4.69) is 10.5 Å². The fourth-order valence-electron chi connectivity index (χ4n) is 2.84. The Bertz CT molecular complexity index is 1050.